The van der Waals surface area contributed by atoms with E-state index < -0.39 is 0 Å². The predicted molar refractivity (Wildman–Crippen MR) is 244 cm³/mol. The summed E-state index contributed by atoms with van der Waals surface area (Å²) in [7, 11) is 0. The van der Waals surface area contributed by atoms with Crippen LogP contribution < -0.4 is 26.2 Å². The van der Waals surface area contributed by atoms with Crippen LogP contribution in [0.1, 0.15) is 83.3 Å². The Morgan fingerprint density at radius 3 is 1.04 bits per heavy atom. The van der Waals surface area contributed by atoms with Gasteiger partial charge in [-0.1, -0.05) is 153 Å². The molecule has 55 heavy (non-hydrogen) atoms. The SMILES string of the molecule is CCN(CC)c1ccc(C(=C(c2ccccc2)c2ccc(B(c3c(C)cc(C)cc3C)c3c(C)cc(C)cc3C)cc2)c2ccc(N(CC)CC)cc2)cc1. The first-order valence-electron chi connectivity index (χ1n) is 20.3. The van der Waals surface area contributed by atoms with Crippen LogP contribution in [0, 0.1) is 41.5 Å². The van der Waals surface area contributed by atoms with E-state index >= 15 is 0 Å². The number of benzene rings is 6. The molecule has 0 atom stereocenters. The van der Waals surface area contributed by atoms with E-state index in [1.807, 2.05) is 0 Å². The van der Waals surface area contributed by atoms with E-state index in [0.29, 0.717) is 0 Å². The predicted octanol–water partition coefficient (Wildman–Crippen LogP) is 10.8. The van der Waals surface area contributed by atoms with Gasteiger partial charge >= 0.3 is 0 Å². The quantitative estimate of drug-likeness (QED) is 0.0865. The van der Waals surface area contributed by atoms with Crippen molar-refractivity contribution in [2.24, 2.45) is 0 Å². The van der Waals surface area contributed by atoms with Crippen LogP contribution in [-0.2, 0) is 0 Å². The number of rotatable bonds is 13. The van der Waals surface area contributed by atoms with Gasteiger partial charge in [-0.3, -0.25) is 0 Å². The van der Waals surface area contributed by atoms with Gasteiger partial charge in [0.1, 0.15) is 0 Å². The van der Waals surface area contributed by atoms with Crippen molar-refractivity contribution in [3.63, 3.8) is 0 Å². The van der Waals surface area contributed by atoms with Crippen LogP contribution in [0.5, 0.6) is 0 Å². The maximum atomic E-state index is 2.41. The van der Waals surface area contributed by atoms with E-state index in [1.165, 1.54) is 94.5 Å². The molecule has 0 saturated carbocycles. The summed E-state index contributed by atoms with van der Waals surface area (Å²) in [4.78, 5) is 4.82. The lowest BCUT2D eigenvalue weighted by Gasteiger charge is -2.25. The van der Waals surface area contributed by atoms with E-state index in [1.54, 1.807) is 0 Å². The highest BCUT2D eigenvalue weighted by atomic mass is 15.1. The molecule has 0 fully saturated rings. The van der Waals surface area contributed by atoms with Crippen LogP contribution in [0.25, 0.3) is 11.1 Å². The van der Waals surface area contributed by atoms with Crippen molar-refractivity contribution in [3.05, 3.63) is 183 Å². The average molecular weight is 723 g/mol. The molecule has 0 spiro atoms. The highest BCUT2D eigenvalue weighted by Crippen LogP contribution is 2.38. The zero-order chi connectivity index (χ0) is 39.2. The molecule has 6 aromatic rings. The Labute approximate surface area is 332 Å². The fourth-order valence-corrected chi connectivity index (χ4v) is 8.98. The minimum Gasteiger partial charge on any atom is -0.372 e. The molecule has 0 unspecified atom stereocenters. The fourth-order valence-electron chi connectivity index (χ4n) is 8.98. The van der Waals surface area contributed by atoms with E-state index in [-0.39, 0.29) is 6.71 Å². The summed E-state index contributed by atoms with van der Waals surface area (Å²) < 4.78 is 0. The minimum absolute atomic E-state index is 0.124. The monoisotopic (exact) mass is 722 g/mol. The molecule has 6 rings (SSSR count). The lowest BCUT2D eigenvalue weighted by atomic mass is 9.34. The molecule has 0 aromatic heterocycles. The number of hydrogen-bond acceptors (Lipinski definition) is 2. The number of aryl methyl sites for hydroxylation is 6. The first kappa shape index (κ1) is 39.4. The van der Waals surface area contributed by atoms with Crippen molar-refractivity contribution in [2.75, 3.05) is 36.0 Å². The van der Waals surface area contributed by atoms with Crippen LogP contribution >= 0.6 is 0 Å². The molecular formula is C52H59BN2. The van der Waals surface area contributed by atoms with Crippen molar-refractivity contribution in [1.82, 2.24) is 0 Å². The van der Waals surface area contributed by atoms with Gasteiger partial charge in [0.2, 0.25) is 6.71 Å². The third kappa shape index (κ3) is 8.37. The van der Waals surface area contributed by atoms with Crippen molar-refractivity contribution >= 4 is 45.6 Å². The molecule has 6 aromatic carbocycles. The molecule has 0 radical (unpaired) electrons. The number of hydrogen-bond donors (Lipinski definition) is 0. The Morgan fingerprint density at radius 2 is 0.709 bits per heavy atom. The molecule has 0 bridgehead atoms. The average Bonchev–Trinajstić information content (AvgIpc) is 3.18. The second-order valence-corrected chi connectivity index (χ2v) is 15.2. The van der Waals surface area contributed by atoms with Gasteiger partial charge in [0.15, 0.2) is 0 Å². The first-order chi connectivity index (χ1) is 26.6. The second-order valence-electron chi connectivity index (χ2n) is 15.2. The summed E-state index contributed by atoms with van der Waals surface area (Å²) in [6, 6.07) is 48.3. The van der Waals surface area contributed by atoms with Gasteiger partial charge in [-0.2, -0.15) is 0 Å². The molecule has 0 saturated heterocycles. The number of nitrogens with zero attached hydrogens (tertiary/aromatic N) is 2. The summed E-state index contributed by atoms with van der Waals surface area (Å²) in [5, 5.41) is 0. The third-order valence-electron chi connectivity index (χ3n) is 11.5. The molecule has 0 aliphatic heterocycles. The van der Waals surface area contributed by atoms with E-state index in [0.717, 1.165) is 26.2 Å². The second kappa shape index (κ2) is 17.5. The molecule has 280 valence electrons. The van der Waals surface area contributed by atoms with Crippen molar-refractivity contribution in [3.8, 4) is 0 Å². The van der Waals surface area contributed by atoms with Gasteiger partial charge in [0, 0.05) is 37.6 Å². The topological polar surface area (TPSA) is 6.48 Å². The summed E-state index contributed by atoms with van der Waals surface area (Å²) in [6.45, 7) is 26.5. The number of anilines is 2. The zero-order valence-electron chi connectivity index (χ0n) is 34.9. The van der Waals surface area contributed by atoms with Gasteiger partial charge in [0.25, 0.3) is 0 Å². The molecule has 3 heteroatoms. The van der Waals surface area contributed by atoms with Crippen LogP contribution in [0.15, 0.2) is 127 Å². The van der Waals surface area contributed by atoms with Crippen LogP contribution in [0.4, 0.5) is 11.4 Å². The van der Waals surface area contributed by atoms with Crippen molar-refractivity contribution in [2.45, 2.75) is 69.2 Å². The van der Waals surface area contributed by atoms with E-state index in [2.05, 4.69) is 206 Å². The van der Waals surface area contributed by atoms with E-state index in [9.17, 15) is 0 Å². The van der Waals surface area contributed by atoms with Crippen molar-refractivity contribution < 1.29 is 0 Å². The Morgan fingerprint density at radius 1 is 0.400 bits per heavy atom. The fraction of sp³-hybridized carbons (Fsp3) is 0.269. The normalized spacial score (nSPS) is 11.0. The highest BCUT2D eigenvalue weighted by Gasteiger charge is 2.29. The van der Waals surface area contributed by atoms with Gasteiger partial charge in [-0.15, -0.1) is 0 Å². The molecule has 0 heterocycles. The Hall–Kier alpha value is -5.28. The van der Waals surface area contributed by atoms with Crippen LogP contribution in [-0.4, -0.2) is 32.9 Å². The molecule has 0 N–H and O–H groups in total. The lowest BCUT2D eigenvalue weighted by molar-refractivity contribution is 0.866. The summed E-state index contributed by atoms with van der Waals surface area (Å²) in [5.74, 6) is 0. The summed E-state index contributed by atoms with van der Waals surface area (Å²) in [5.41, 5.74) is 22.0. The van der Waals surface area contributed by atoms with Crippen molar-refractivity contribution in [1.29, 1.82) is 0 Å². The van der Waals surface area contributed by atoms with Gasteiger partial charge in [0.05, 0.1) is 0 Å². The third-order valence-corrected chi connectivity index (χ3v) is 11.5. The molecular weight excluding hydrogens is 663 g/mol. The van der Waals surface area contributed by atoms with Crippen LogP contribution in [0.3, 0.4) is 0 Å². The Balaban J connectivity index is 1.60. The zero-order valence-corrected chi connectivity index (χ0v) is 34.9. The molecule has 0 aliphatic rings. The van der Waals surface area contributed by atoms with Gasteiger partial charge in [-0.25, -0.2) is 0 Å². The maximum Gasteiger partial charge on any atom is 0.242 e. The Bertz CT molecular complexity index is 2080. The van der Waals surface area contributed by atoms with E-state index in [4.69, 9.17) is 0 Å². The highest BCUT2D eigenvalue weighted by molar-refractivity contribution is 6.96. The molecule has 0 aliphatic carbocycles. The first-order valence-corrected chi connectivity index (χ1v) is 20.3. The lowest BCUT2D eigenvalue weighted by Crippen LogP contribution is -2.55. The minimum atomic E-state index is 0.124. The largest absolute Gasteiger partial charge is 0.372 e. The maximum absolute atomic E-state index is 2.41. The van der Waals surface area contributed by atoms with Gasteiger partial charge < -0.3 is 9.80 Å². The van der Waals surface area contributed by atoms with Crippen LogP contribution in [0.2, 0.25) is 0 Å². The molecule has 0 amide bonds. The smallest absolute Gasteiger partial charge is 0.242 e. The standard InChI is InChI=1S/C52H59BN2/c1-11-54(12-2)47-28-22-44(23-29-47)50(45-24-30-48(31-25-45)55(13-3)14-4)49(42-18-16-15-17-19-42)43-20-26-46(27-21-43)53(51-38(7)32-36(5)33-39(51)8)52-40(9)34-37(6)35-41(52)10/h15-35H,11-14H2,1-10H3. The Kier molecular flexibility index (Phi) is 12.5. The van der Waals surface area contributed by atoms with Gasteiger partial charge in [-0.05, 0) is 127 Å². The summed E-state index contributed by atoms with van der Waals surface area (Å²) >= 11 is 0. The summed E-state index contributed by atoms with van der Waals surface area (Å²) in [6.07, 6.45) is 0. The molecule has 2 nitrogen and oxygen atoms in total.